The number of pyridine rings is 1. The molecule has 4 rings (SSSR count). The van der Waals surface area contributed by atoms with Crippen molar-refractivity contribution in [1.29, 1.82) is 0 Å². The van der Waals surface area contributed by atoms with E-state index in [-0.39, 0.29) is 11.7 Å². The number of carbonyl (C=O) groups is 1. The Balaban J connectivity index is 1.28. The number of hydrogen-bond acceptors (Lipinski definition) is 6. The van der Waals surface area contributed by atoms with Crippen LogP contribution >= 0.6 is 11.8 Å². The first kappa shape index (κ1) is 22.5. The summed E-state index contributed by atoms with van der Waals surface area (Å²) in [4.78, 5) is 16.7. The van der Waals surface area contributed by atoms with Crippen molar-refractivity contribution in [1.82, 2.24) is 25.1 Å². The molecule has 2 aromatic heterocycles. The van der Waals surface area contributed by atoms with Gasteiger partial charge in [0.25, 0.3) is 0 Å². The van der Waals surface area contributed by atoms with E-state index in [1.54, 1.807) is 12.5 Å². The number of aromatic nitrogens is 4. The highest BCUT2D eigenvalue weighted by atomic mass is 32.2. The molecular weight excluding hydrogens is 434 g/mol. The fourth-order valence-corrected chi connectivity index (χ4v) is 3.89. The van der Waals surface area contributed by atoms with Gasteiger partial charge in [-0.25, -0.2) is 4.98 Å². The van der Waals surface area contributed by atoms with E-state index in [0.29, 0.717) is 24.2 Å². The second-order valence-corrected chi connectivity index (χ2v) is 8.54. The summed E-state index contributed by atoms with van der Waals surface area (Å²) in [6.45, 7) is 4.99. The molecule has 0 saturated carbocycles. The molecule has 0 atom stereocenters. The molecule has 2 aromatic carbocycles. The van der Waals surface area contributed by atoms with Gasteiger partial charge in [-0.2, -0.15) is 0 Å². The van der Waals surface area contributed by atoms with Crippen molar-refractivity contribution in [2.75, 3.05) is 5.75 Å². The SMILES string of the molecule is Cc1ccc(-n2cnnc2SCC(=O)NCc2ccnc(OCc3ccccc3)c2)cc1C. The van der Waals surface area contributed by atoms with Crippen molar-refractivity contribution in [3.63, 3.8) is 0 Å². The van der Waals surface area contributed by atoms with Crippen LogP contribution in [0.1, 0.15) is 22.3 Å². The largest absolute Gasteiger partial charge is 0.473 e. The molecule has 0 fully saturated rings. The molecule has 0 saturated heterocycles. The molecule has 0 spiro atoms. The van der Waals surface area contributed by atoms with E-state index in [4.69, 9.17) is 4.74 Å². The van der Waals surface area contributed by atoms with Crippen molar-refractivity contribution in [2.24, 2.45) is 0 Å². The Hall–Kier alpha value is -3.65. The van der Waals surface area contributed by atoms with Gasteiger partial charge in [0.2, 0.25) is 11.8 Å². The molecule has 4 aromatic rings. The van der Waals surface area contributed by atoms with E-state index in [1.165, 1.54) is 22.9 Å². The summed E-state index contributed by atoms with van der Waals surface area (Å²) in [5.74, 6) is 0.686. The zero-order valence-electron chi connectivity index (χ0n) is 18.6. The lowest BCUT2D eigenvalue weighted by molar-refractivity contribution is -0.118. The fraction of sp³-hybridized carbons (Fsp3) is 0.200. The number of nitrogens with one attached hydrogen (secondary N) is 1. The number of rotatable bonds is 9. The maximum absolute atomic E-state index is 12.4. The van der Waals surface area contributed by atoms with E-state index in [0.717, 1.165) is 16.8 Å². The Bertz CT molecular complexity index is 1230. The smallest absolute Gasteiger partial charge is 0.230 e. The van der Waals surface area contributed by atoms with E-state index >= 15 is 0 Å². The third-order valence-electron chi connectivity index (χ3n) is 5.14. The number of ether oxygens (including phenoxy) is 1. The number of thioether (sulfide) groups is 1. The average Bonchev–Trinajstić information content (AvgIpc) is 3.31. The van der Waals surface area contributed by atoms with Crippen molar-refractivity contribution in [3.8, 4) is 11.6 Å². The van der Waals surface area contributed by atoms with Crippen LogP contribution in [-0.4, -0.2) is 31.4 Å². The molecule has 0 unspecified atom stereocenters. The van der Waals surface area contributed by atoms with Crippen molar-refractivity contribution >= 4 is 17.7 Å². The highest BCUT2D eigenvalue weighted by Crippen LogP contribution is 2.21. The average molecular weight is 460 g/mol. The number of carbonyl (C=O) groups excluding carboxylic acids is 1. The summed E-state index contributed by atoms with van der Waals surface area (Å²) in [5.41, 5.74) is 5.39. The van der Waals surface area contributed by atoms with Gasteiger partial charge in [-0.3, -0.25) is 9.36 Å². The van der Waals surface area contributed by atoms with Crippen LogP contribution in [0.25, 0.3) is 5.69 Å². The topological polar surface area (TPSA) is 81.9 Å². The van der Waals surface area contributed by atoms with Crippen molar-refractivity contribution in [2.45, 2.75) is 32.2 Å². The lowest BCUT2D eigenvalue weighted by Crippen LogP contribution is -2.24. The van der Waals surface area contributed by atoms with Gasteiger partial charge in [-0.05, 0) is 54.3 Å². The lowest BCUT2D eigenvalue weighted by atomic mass is 10.1. The summed E-state index contributed by atoms with van der Waals surface area (Å²) in [6, 6.07) is 19.8. The number of aryl methyl sites for hydroxylation is 2. The molecule has 7 nitrogen and oxygen atoms in total. The molecule has 33 heavy (non-hydrogen) atoms. The van der Waals surface area contributed by atoms with E-state index in [1.807, 2.05) is 53.1 Å². The van der Waals surface area contributed by atoms with Gasteiger partial charge in [0.15, 0.2) is 5.16 Å². The second-order valence-electron chi connectivity index (χ2n) is 7.59. The van der Waals surface area contributed by atoms with Gasteiger partial charge >= 0.3 is 0 Å². The van der Waals surface area contributed by atoms with Crippen LogP contribution in [0.3, 0.4) is 0 Å². The molecule has 0 aliphatic heterocycles. The van der Waals surface area contributed by atoms with E-state index in [9.17, 15) is 4.79 Å². The quantitative estimate of drug-likeness (QED) is 0.377. The summed E-state index contributed by atoms with van der Waals surface area (Å²) in [7, 11) is 0. The first-order chi connectivity index (χ1) is 16.1. The van der Waals surface area contributed by atoms with Gasteiger partial charge in [0.1, 0.15) is 12.9 Å². The second kappa shape index (κ2) is 10.8. The Kier molecular flexibility index (Phi) is 7.36. The molecule has 1 amide bonds. The Labute approximate surface area is 197 Å². The van der Waals surface area contributed by atoms with Crippen molar-refractivity contribution < 1.29 is 9.53 Å². The highest BCUT2D eigenvalue weighted by Gasteiger charge is 2.11. The maximum Gasteiger partial charge on any atom is 0.230 e. The normalized spacial score (nSPS) is 10.7. The van der Waals surface area contributed by atoms with Gasteiger partial charge < -0.3 is 10.1 Å². The summed E-state index contributed by atoms with van der Waals surface area (Å²) in [5, 5.41) is 11.8. The summed E-state index contributed by atoms with van der Waals surface area (Å²) < 4.78 is 7.65. The maximum atomic E-state index is 12.4. The minimum Gasteiger partial charge on any atom is -0.473 e. The monoisotopic (exact) mass is 459 g/mol. The molecule has 8 heteroatoms. The van der Waals surface area contributed by atoms with Crippen LogP contribution in [-0.2, 0) is 17.9 Å². The molecule has 1 N–H and O–H groups in total. The number of hydrogen-bond donors (Lipinski definition) is 1. The van der Waals surface area contributed by atoms with Crippen LogP contribution < -0.4 is 10.1 Å². The Morgan fingerprint density at radius 1 is 1.03 bits per heavy atom. The minimum absolute atomic E-state index is 0.0850. The Morgan fingerprint density at radius 2 is 1.88 bits per heavy atom. The minimum atomic E-state index is -0.0850. The molecule has 2 heterocycles. The van der Waals surface area contributed by atoms with E-state index < -0.39 is 0 Å². The third kappa shape index (κ3) is 6.20. The lowest BCUT2D eigenvalue weighted by Gasteiger charge is -2.10. The van der Waals surface area contributed by atoms with Gasteiger partial charge in [-0.1, -0.05) is 48.2 Å². The number of nitrogens with zero attached hydrogens (tertiary/aromatic N) is 4. The predicted molar refractivity (Wildman–Crippen MR) is 128 cm³/mol. The van der Waals surface area contributed by atoms with E-state index in [2.05, 4.69) is 46.5 Å². The molecule has 0 aliphatic rings. The summed E-state index contributed by atoms with van der Waals surface area (Å²) in [6.07, 6.45) is 3.35. The number of benzene rings is 2. The fourth-order valence-electron chi connectivity index (χ4n) is 3.13. The Morgan fingerprint density at radius 3 is 2.70 bits per heavy atom. The first-order valence-corrected chi connectivity index (χ1v) is 11.6. The third-order valence-corrected chi connectivity index (χ3v) is 6.08. The van der Waals surface area contributed by atoms with Crippen LogP contribution in [0.2, 0.25) is 0 Å². The number of amides is 1. The van der Waals surface area contributed by atoms with Crippen LogP contribution in [0.5, 0.6) is 5.88 Å². The predicted octanol–water partition coefficient (Wildman–Crippen LogP) is 4.27. The molecular formula is C25H25N5O2S. The van der Waals surface area contributed by atoms with Crippen molar-refractivity contribution in [3.05, 3.63) is 95.4 Å². The standard InChI is InChI=1S/C25H25N5O2S/c1-18-8-9-22(12-19(18)2)30-17-28-29-25(30)33-16-23(31)27-14-21-10-11-26-24(13-21)32-15-20-6-4-3-5-7-20/h3-13,17H,14-16H2,1-2H3,(H,27,31). The molecule has 0 aliphatic carbocycles. The van der Waals surface area contributed by atoms with Gasteiger partial charge in [0.05, 0.1) is 5.75 Å². The van der Waals surface area contributed by atoms with Crippen LogP contribution in [0.4, 0.5) is 0 Å². The zero-order chi connectivity index (χ0) is 23.0. The van der Waals surface area contributed by atoms with Crippen LogP contribution in [0, 0.1) is 13.8 Å². The first-order valence-electron chi connectivity index (χ1n) is 10.6. The van der Waals surface area contributed by atoms with Gasteiger partial charge in [0, 0.05) is 24.5 Å². The molecule has 0 bridgehead atoms. The zero-order valence-corrected chi connectivity index (χ0v) is 19.4. The summed E-state index contributed by atoms with van der Waals surface area (Å²) >= 11 is 1.35. The highest BCUT2D eigenvalue weighted by molar-refractivity contribution is 7.99. The molecule has 168 valence electrons. The molecule has 0 radical (unpaired) electrons. The van der Waals surface area contributed by atoms with Gasteiger partial charge in [-0.15, -0.1) is 10.2 Å². The van der Waals surface area contributed by atoms with Crippen LogP contribution in [0.15, 0.2) is 78.3 Å².